The fourth-order valence-electron chi connectivity index (χ4n) is 3.28. The van der Waals surface area contributed by atoms with E-state index in [1.54, 1.807) is 40.1 Å². The Labute approximate surface area is 157 Å². The van der Waals surface area contributed by atoms with Crippen LogP contribution in [-0.2, 0) is 13.0 Å². The average molecular weight is 366 g/mol. The molecule has 0 bridgehead atoms. The Balaban J connectivity index is 1.61. The van der Waals surface area contributed by atoms with Crippen molar-refractivity contribution in [2.24, 2.45) is 5.41 Å². The molecule has 0 unspecified atom stereocenters. The number of pyridine rings is 2. The van der Waals surface area contributed by atoms with Crippen LogP contribution in [0.25, 0.3) is 16.8 Å². The number of hydrogen-bond donors (Lipinski definition) is 0. The monoisotopic (exact) mass is 366 g/mol. The van der Waals surface area contributed by atoms with E-state index in [1.165, 1.54) is 25.0 Å². The molecule has 5 nitrogen and oxygen atoms in total. The summed E-state index contributed by atoms with van der Waals surface area (Å²) in [5.74, 6) is -0.278. The van der Waals surface area contributed by atoms with E-state index >= 15 is 0 Å². The second-order valence-electron chi connectivity index (χ2n) is 7.74. The Bertz CT molecular complexity index is 1030. The molecule has 0 atom stereocenters. The third kappa shape index (κ3) is 3.70. The fourth-order valence-corrected chi connectivity index (χ4v) is 3.28. The molecule has 4 rings (SSSR count). The molecule has 0 aliphatic heterocycles. The van der Waals surface area contributed by atoms with Gasteiger partial charge in [0, 0.05) is 48.0 Å². The van der Waals surface area contributed by atoms with E-state index in [0.29, 0.717) is 23.1 Å². The normalized spacial score (nSPS) is 15.1. The topological polar surface area (TPSA) is 52.7 Å². The largest absolute Gasteiger partial charge is 0.313 e. The third-order valence-corrected chi connectivity index (χ3v) is 5.21. The number of nitrogens with zero attached hydrogens (tertiary/aromatic N) is 4. The number of aryl methyl sites for hydroxylation is 1. The first kappa shape index (κ1) is 17.6. The minimum absolute atomic E-state index is 0.0387. The van der Waals surface area contributed by atoms with Gasteiger partial charge >= 0.3 is 0 Å². The number of halogens is 1. The first-order valence-corrected chi connectivity index (χ1v) is 9.38. The molecule has 3 heterocycles. The highest BCUT2D eigenvalue weighted by molar-refractivity contribution is 5.62. The molecule has 6 heteroatoms. The van der Waals surface area contributed by atoms with Gasteiger partial charge in [-0.25, -0.2) is 9.07 Å². The summed E-state index contributed by atoms with van der Waals surface area (Å²) in [4.78, 5) is 16.3. The van der Waals surface area contributed by atoms with Crippen LogP contribution in [0.15, 0.2) is 47.8 Å². The van der Waals surface area contributed by atoms with Crippen molar-refractivity contribution in [3.63, 3.8) is 0 Å². The third-order valence-electron chi connectivity index (χ3n) is 5.21. The molecule has 140 valence electrons. The summed E-state index contributed by atoms with van der Waals surface area (Å²) in [6.07, 6.45) is 10.8. The molecular formula is C21H23FN4O. The van der Waals surface area contributed by atoms with E-state index in [9.17, 15) is 9.18 Å². The Morgan fingerprint density at radius 2 is 2.04 bits per heavy atom. The van der Waals surface area contributed by atoms with Gasteiger partial charge in [0.15, 0.2) is 0 Å². The lowest BCUT2D eigenvalue weighted by atomic mass is 10.0. The van der Waals surface area contributed by atoms with Gasteiger partial charge in [-0.1, -0.05) is 13.8 Å². The summed E-state index contributed by atoms with van der Waals surface area (Å²) in [5.41, 5.74) is 2.93. The Kier molecular flexibility index (Phi) is 4.42. The van der Waals surface area contributed by atoms with Crippen molar-refractivity contribution in [3.8, 4) is 16.8 Å². The molecule has 1 saturated carbocycles. The van der Waals surface area contributed by atoms with E-state index in [2.05, 4.69) is 17.0 Å². The van der Waals surface area contributed by atoms with Gasteiger partial charge in [-0.05, 0) is 43.2 Å². The minimum atomic E-state index is -0.278. The molecule has 1 aliphatic rings. The van der Waals surface area contributed by atoms with Crippen LogP contribution in [-0.4, -0.2) is 19.3 Å². The maximum Gasteiger partial charge on any atom is 0.250 e. The summed E-state index contributed by atoms with van der Waals surface area (Å²) in [7, 11) is 0. The number of aromatic nitrogens is 4. The molecule has 0 N–H and O–H groups in total. The number of hydrogen-bond acceptors (Lipinski definition) is 3. The van der Waals surface area contributed by atoms with Gasteiger partial charge in [0.05, 0.1) is 11.9 Å². The van der Waals surface area contributed by atoms with Crippen molar-refractivity contribution < 1.29 is 4.39 Å². The molecule has 27 heavy (non-hydrogen) atoms. The highest BCUT2D eigenvalue weighted by Gasteiger charge is 2.37. The van der Waals surface area contributed by atoms with Crippen LogP contribution in [0, 0.1) is 11.2 Å². The van der Waals surface area contributed by atoms with Crippen molar-refractivity contribution in [3.05, 3.63) is 64.9 Å². The number of rotatable bonds is 6. The van der Waals surface area contributed by atoms with E-state index in [-0.39, 0.29) is 11.4 Å². The summed E-state index contributed by atoms with van der Waals surface area (Å²) >= 11 is 0. The molecule has 0 spiro atoms. The van der Waals surface area contributed by atoms with Crippen molar-refractivity contribution in [2.75, 3.05) is 0 Å². The van der Waals surface area contributed by atoms with Gasteiger partial charge in [0.2, 0.25) is 0 Å². The quantitative estimate of drug-likeness (QED) is 0.663. The first-order valence-electron chi connectivity index (χ1n) is 9.38. The van der Waals surface area contributed by atoms with Crippen LogP contribution >= 0.6 is 0 Å². The molecule has 0 saturated heterocycles. The van der Waals surface area contributed by atoms with Crippen LogP contribution < -0.4 is 5.56 Å². The van der Waals surface area contributed by atoms with Crippen LogP contribution in [0.2, 0.25) is 0 Å². The zero-order chi connectivity index (χ0) is 19.0. The standard InChI is InChI=1S/C21H23FN4O/c1-3-8-25-14-17(4-5-20(25)27)26-13-15(11-24-26)18-12-23-16(9-19(18)22)10-21(2)6-7-21/h4-5,9,11-14H,3,6-8,10H2,1-2H3. The fraction of sp³-hybridized carbons (Fsp3) is 0.381. The summed E-state index contributed by atoms with van der Waals surface area (Å²) in [6, 6.07) is 4.79. The zero-order valence-corrected chi connectivity index (χ0v) is 15.7. The predicted molar refractivity (Wildman–Crippen MR) is 102 cm³/mol. The molecule has 3 aromatic rings. The summed E-state index contributed by atoms with van der Waals surface area (Å²) in [6.45, 7) is 4.89. The van der Waals surface area contributed by atoms with E-state index < -0.39 is 0 Å². The first-order chi connectivity index (χ1) is 13.0. The Hall–Kier alpha value is -2.76. The highest BCUT2D eigenvalue weighted by atomic mass is 19.1. The van der Waals surface area contributed by atoms with Gasteiger partial charge < -0.3 is 4.57 Å². The average Bonchev–Trinajstić information content (AvgIpc) is 3.16. The maximum atomic E-state index is 14.6. The maximum absolute atomic E-state index is 14.6. The van der Waals surface area contributed by atoms with E-state index in [0.717, 1.165) is 24.2 Å². The van der Waals surface area contributed by atoms with Crippen molar-refractivity contribution >= 4 is 0 Å². The Morgan fingerprint density at radius 1 is 1.22 bits per heavy atom. The molecular weight excluding hydrogens is 343 g/mol. The second kappa shape index (κ2) is 6.76. The van der Waals surface area contributed by atoms with Crippen LogP contribution in [0.5, 0.6) is 0 Å². The molecule has 0 aromatic carbocycles. The highest BCUT2D eigenvalue weighted by Crippen LogP contribution is 2.47. The summed E-state index contributed by atoms with van der Waals surface area (Å²) < 4.78 is 17.9. The molecule has 1 aliphatic carbocycles. The lowest BCUT2D eigenvalue weighted by molar-refractivity contribution is 0.554. The van der Waals surface area contributed by atoms with Crippen molar-refractivity contribution in [1.29, 1.82) is 0 Å². The van der Waals surface area contributed by atoms with Crippen LogP contribution in [0.1, 0.15) is 38.8 Å². The molecule has 0 radical (unpaired) electrons. The lowest BCUT2D eigenvalue weighted by Crippen LogP contribution is -2.19. The predicted octanol–water partition coefficient (Wildman–Crippen LogP) is 3.99. The summed E-state index contributed by atoms with van der Waals surface area (Å²) in [5, 5.41) is 4.33. The Morgan fingerprint density at radius 3 is 2.74 bits per heavy atom. The van der Waals surface area contributed by atoms with Gasteiger partial charge in [0.1, 0.15) is 5.82 Å². The molecule has 3 aromatic heterocycles. The molecule has 0 amide bonds. The SMILES string of the molecule is CCCn1cc(-n2cc(-c3cnc(CC4(C)CC4)cc3F)cn2)ccc1=O. The van der Waals surface area contributed by atoms with E-state index in [4.69, 9.17) is 0 Å². The van der Waals surface area contributed by atoms with Crippen molar-refractivity contribution in [1.82, 2.24) is 19.3 Å². The van der Waals surface area contributed by atoms with Crippen LogP contribution in [0.4, 0.5) is 4.39 Å². The van der Waals surface area contributed by atoms with Crippen LogP contribution in [0.3, 0.4) is 0 Å². The second-order valence-corrected chi connectivity index (χ2v) is 7.74. The zero-order valence-electron chi connectivity index (χ0n) is 15.7. The van der Waals surface area contributed by atoms with E-state index in [1.807, 2.05) is 6.92 Å². The lowest BCUT2D eigenvalue weighted by Gasteiger charge is -2.08. The smallest absolute Gasteiger partial charge is 0.250 e. The van der Waals surface area contributed by atoms with Gasteiger partial charge in [-0.15, -0.1) is 0 Å². The van der Waals surface area contributed by atoms with Crippen molar-refractivity contribution in [2.45, 2.75) is 46.1 Å². The van der Waals surface area contributed by atoms with Gasteiger partial charge in [0.25, 0.3) is 5.56 Å². The van der Waals surface area contributed by atoms with Gasteiger partial charge in [-0.2, -0.15) is 5.10 Å². The van der Waals surface area contributed by atoms with Gasteiger partial charge in [-0.3, -0.25) is 9.78 Å². The molecule has 1 fully saturated rings. The minimum Gasteiger partial charge on any atom is -0.313 e.